The van der Waals surface area contributed by atoms with E-state index in [1.54, 1.807) is 18.6 Å². The first-order chi connectivity index (χ1) is 10.7. The fourth-order valence-electron chi connectivity index (χ4n) is 2.39. The quantitative estimate of drug-likeness (QED) is 0.904. The van der Waals surface area contributed by atoms with E-state index in [9.17, 15) is 0 Å². The van der Waals surface area contributed by atoms with Crippen molar-refractivity contribution < 1.29 is 4.74 Å². The van der Waals surface area contributed by atoms with Crippen molar-refractivity contribution in [3.63, 3.8) is 0 Å². The van der Waals surface area contributed by atoms with Gasteiger partial charge in [0.25, 0.3) is 0 Å². The lowest BCUT2D eigenvalue weighted by molar-refractivity contribution is 0.260. The summed E-state index contributed by atoms with van der Waals surface area (Å²) in [7, 11) is 0. The van der Waals surface area contributed by atoms with Gasteiger partial charge in [0.2, 0.25) is 11.8 Å². The van der Waals surface area contributed by atoms with Crippen LogP contribution in [-0.2, 0) is 0 Å². The lowest BCUT2D eigenvalue weighted by atomic mass is 10.2. The van der Waals surface area contributed by atoms with Gasteiger partial charge in [-0.15, -0.1) is 0 Å². The minimum absolute atomic E-state index is 0.474. The molecule has 1 aliphatic heterocycles. The van der Waals surface area contributed by atoms with E-state index in [1.807, 2.05) is 6.20 Å². The van der Waals surface area contributed by atoms with Crippen LogP contribution in [0.2, 0.25) is 0 Å². The van der Waals surface area contributed by atoms with Gasteiger partial charge in [-0.25, -0.2) is 4.98 Å². The first kappa shape index (κ1) is 14.6. The molecule has 7 heteroatoms. The van der Waals surface area contributed by atoms with Crippen molar-refractivity contribution in [2.75, 3.05) is 42.6 Å². The monoisotopic (exact) mass is 302 g/mol. The Morgan fingerprint density at radius 3 is 2.64 bits per heavy atom. The van der Waals surface area contributed by atoms with Gasteiger partial charge in [0.15, 0.2) is 5.82 Å². The van der Waals surface area contributed by atoms with Crippen LogP contribution < -0.4 is 14.5 Å². The number of hydrogen-bond acceptors (Lipinski definition) is 6. The number of anilines is 2. The van der Waals surface area contributed by atoms with Gasteiger partial charge >= 0.3 is 0 Å². The molecule has 22 heavy (non-hydrogen) atoms. The third-order valence-corrected chi connectivity index (χ3v) is 3.55. The predicted octanol–water partition coefficient (Wildman–Crippen LogP) is 1.56. The van der Waals surface area contributed by atoms with Gasteiger partial charge in [-0.3, -0.25) is 4.98 Å². The molecule has 0 atom stereocenters. The summed E-state index contributed by atoms with van der Waals surface area (Å²) >= 11 is 0. The Labute approximate surface area is 130 Å². The van der Waals surface area contributed by atoms with Crippen LogP contribution in [-0.4, -0.2) is 52.7 Å². The fourth-order valence-corrected chi connectivity index (χ4v) is 2.39. The Balaban J connectivity index is 1.60. The van der Waals surface area contributed by atoms with Crippen LogP contribution in [0.3, 0.4) is 0 Å². The lowest BCUT2D eigenvalue weighted by Gasteiger charge is -2.35. The van der Waals surface area contributed by atoms with Crippen molar-refractivity contribution in [2.45, 2.75) is 13.8 Å². The second-order valence-electron chi connectivity index (χ2n) is 5.81. The first-order valence-electron chi connectivity index (χ1n) is 7.66. The van der Waals surface area contributed by atoms with Gasteiger partial charge in [0.05, 0.1) is 19.0 Å². The molecule has 0 aromatic carbocycles. The predicted molar refractivity (Wildman–Crippen MR) is 85.4 cm³/mol. The normalized spacial score (nSPS) is 15.4. The maximum atomic E-state index is 5.65. The molecule has 2 aromatic rings. The fraction of sp³-hybridized carbons (Fsp3) is 0.533. The highest BCUT2D eigenvalue weighted by atomic mass is 16.5. The minimum atomic E-state index is 0.474. The zero-order chi connectivity index (χ0) is 15.4. The molecule has 3 rings (SSSR count). The molecule has 2 aromatic heterocycles. The van der Waals surface area contributed by atoms with Crippen molar-refractivity contribution in [1.29, 1.82) is 0 Å². The van der Waals surface area contributed by atoms with Gasteiger partial charge in [-0.05, 0) is 5.92 Å². The average molecular weight is 302 g/mol. The zero-order valence-electron chi connectivity index (χ0n) is 13.1. The smallest absolute Gasteiger partial charge is 0.234 e. The number of piperazine rings is 1. The SMILES string of the molecule is CC(C)COc1cncc(N2CCN(c3ncc[nH]3)CC2)n1. The van der Waals surface area contributed by atoms with E-state index < -0.39 is 0 Å². The molecule has 7 nitrogen and oxygen atoms in total. The summed E-state index contributed by atoms with van der Waals surface area (Å²) in [5.41, 5.74) is 0. The van der Waals surface area contributed by atoms with Crippen LogP contribution in [0.5, 0.6) is 5.88 Å². The van der Waals surface area contributed by atoms with Gasteiger partial charge in [0.1, 0.15) is 0 Å². The van der Waals surface area contributed by atoms with Crippen molar-refractivity contribution >= 4 is 11.8 Å². The summed E-state index contributed by atoms with van der Waals surface area (Å²) in [6, 6.07) is 0. The van der Waals surface area contributed by atoms with Crippen LogP contribution in [0, 0.1) is 5.92 Å². The summed E-state index contributed by atoms with van der Waals surface area (Å²) in [5.74, 6) is 2.88. The van der Waals surface area contributed by atoms with Crippen molar-refractivity contribution in [1.82, 2.24) is 19.9 Å². The van der Waals surface area contributed by atoms with Crippen molar-refractivity contribution in [3.8, 4) is 5.88 Å². The molecule has 0 amide bonds. The van der Waals surface area contributed by atoms with E-state index in [1.165, 1.54) is 0 Å². The highest BCUT2D eigenvalue weighted by Crippen LogP contribution is 2.18. The molecule has 0 unspecified atom stereocenters. The van der Waals surface area contributed by atoms with Gasteiger partial charge in [-0.1, -0.05) is 13.8 Å². The number of hydrogen-bond donors (Lipinski definition) is 1. The van der Waals surface area contributed by atoms with Crippen molar-refractivity contribution in [3.05, 3.63) is 24.8 Å². The summed E-state index contributed by atoms with van der Waals surface area (Å²) in [5, 5.41) is 0. The number of imidazole rings is 1. The Hall–Kier alpha value is -2.31. The molecule has 1 saturated heterocycles. The summed E-state index contributed by atoms with van der Waals surface area (Å²) in [6.45, 7) is 8.49. The average Bonchev–Trinajstić information content (AvgIpc) is 3.08. The third kappa shape index (κ3) is 3.47. The van der Waals surface area contributed by atoms with E-state index in [0.29, 0.717) is 18.4 Å². The largest absolute Gasteiger partial charge is 0.476 e. The summed E-state index contributed by atoms with van der Waals surface area (Å²) in [6.07, 6.45) is 7.10. The number of nitrogens with zero attached hydrogens (tertiary/aromatic N) is 5. The molecular formula is C15H22N6O. The number of aromatic nitrogens is 4. The third-order valence-electron chi connectivity index (χ3n) is 3.55. The van der Waals surface area contributed by atoms with E-state index >= 15 is 0 Å². The molecule has 1 fully saturated rings. The molecular weight excluding hydrogens is 280 g/mol. The van der Waals surface area contributed by atoms with Crippen LogP contribution in [0.25, 0.3) is 0 Å². The van der Waals surface area contributed by atoms with E-state index in [0.717, 1.165) is 37.9 Å². The Bertz CT molecular complexity index is 577. The molecule has 0 radical (unpaired) electrons. The van der Waals surface area contributed by atoms with Crippen LogP contribution in [0.15, 0.2) is 24.8 Å². The molecule has 0 aliphatic carbocycles. The van der Waals surface area contributed by atoms with Gasteiger partial charge in [-0.2, -0.15) is 4.98 Å². The van der Waals surface area contributed by atoms with Crippen LogP contribution >= 0.6 is 0 Å². The van der Waals surface area contributed by atoms with Crippen LogP contribution in [0.1, 0.15) is 13.8 Å². The Kier molecular flexibility index (Phi) is 4.41. The highest BCUT2D eigenvalue weighted by Gasteiger charge is 2.20. The van der Waals surface area contributed by atoms with E-state index in [4.69, 9.17) is 4.74 Å². The number of nitrogens with one attached hydrogen (secondary N) is 1. The molecule has 0 spiro atoms. The van der Waals surface area contributed by atoms with Gasteiger partial charge in [0, 0.05) is 38.6 Å². The van der Waals surface area contributed by atoms with E-state index in [-0.39, 0.29) is 0 Å². The zero-order valence-corrected chi connectivity index (χ0v) is 13.1. The molecule has 3 heterocycles. The molecule has 0 saturated carbocycles. The second-order valence-corrected chi connectivity index (χ2v) is 5.81. The molecule has 1 aliphatic rings. The number of aromatic amines is 1. The maximum Gasteiger partial charge on any atom is 0.234 e. The number of H-pyrrole nitrogens is 1. The molecule has 1 N–H and O–H groups in total. The Morgan fingerprint density at radius 1 is 1.18 bits per heavy atom. The Morgan fingerprint density at radius 2 is 1.95 bits per heavy atom. The molecule has 0 bridgehead atoms. The first-order valence-corrected chi connectivity index (χ1v) is 7.66. The number of ether oxygens (including phenoxy) is 1. The second kappa shape index (κ2) is 6.64. The standard InChI is InChI=1S/C15H22N6O/c1-12(2)11-22-14-10-16-9-13(19-14)20-5-7-21(8-6-20)15-17-3-4-18-15/h3-4,9-10,12H,5-8,11H2,1-2H3,(H,17,18). The van der Waals surface area contributed by atoms with Gasteiger partial charge < -0.3 is 19.5 Å². The molecule has 118 valence electrons. The number of rotatable bonds is 5. The van der Waals surface area contributed by atoms with E-state index in [2.05, 4.69) is 43.6 Å². The van der Waals surface area contributed by atoms with Crippen LogP contribution in [0.4, 0.5) is 11.8 Å². The topological polar surface area (TPSA) is 70.2 Å². The summed E-state index contributed by atoms with van der Waals surface area (Å²) < 4.78 is 5.65. The maximum absolute atomic E-state index is 5.65. The minimum Gasteiger partial charge on any atom is -0.476 e. The van der Waals surface area contributed by atoms with Crippen molar-refractivity contribution in [2.24, 2.45) is 5.92 Å². The lowest BCUT2D eigenvalue weighted by Crippen LogP contribution is -2.47. The summed E-state index contributed by atoms with van der Waals surface area (Å²) in [4.78, 5) is 20.7. The highest BCUT2D eigenvalue weighted by molar-refractivity contribution is 5.41.